The summed E-state index contributed by atoms with van der Waals surface area (Å²) >= 11 is 1.59. The molecular weight excluding hydrogens is 492 g/mol. The smallest absolute Gasteiger partial charge is 0.309 e. The lowest BCUT2D eigenvalue weighted by molar-refractivity contribution is -0.145. The minimum Gasteiger partial charge on any atom is -0.489 e. The standard InChI is InChI=1S/C30H25F2NO3S/c1-30(2,29(34)35)17-37-28-22-6-4-3-5-20(22)16-36-27-12-8-18(13-23(27)28)7-10-21-11-9-19-14-24(31)25(32)15-26(19)33-21/h3-15,28H,16-17H2,1-2H3,(H,34,35). The number of fused-ring (bicyclic) bond motifs is 3. The zero-order chi connectivity index (χ0) is 26.2. The number of ether oxygens (including phenoxy) is 1. The van der Waals surface area contributed by atoms with Crippen LogP contribution in [0.3, 0.4) is 0 Å². The number of rotatable bonds is 6. The Kier molecular flexibility index (Phi) is 6.73. The van der Waals surface area contributed by atoms with Crippen LogP contribution in [0, 0.1) is 17.0 Å². The fraction of sp³-hybridized carbons (Fsp3) is 0.200. The molecule has 1 unspecified atom stereocenters. The van der Waals surface area contributed by atoms with Gasteiger partial charge in [0, 0.05) is 22.8 Å². The number of hydrogen-bond donors (Lipinski definition) is 1. The number of thioether (sulfide) groups is 1. The Balaban J connectivity index is 1.49. The first kappa shape index (κ1) is 25.0. The third-order valence-corrected chi connectivity index (χ3v) is 8.16. The summed E-state index contributed by atoms with van der Waals surface area (Å²) in [5.41, 5.74) is 4.19. The summed E-state index contributed by atoms with van der Waals surface area (Å²) in [6.07, 6.45) is 3.73. The molecule has 4 aromatic rings. The minimum absolute atomic E-state index is 0.0997. The third kappa shape index (κ3) is 5.23. The van der Waals surface area contributed by atoms with Crippen molar-refractivity contribution in [1.82, 2.24) is 4.98 Å². The van der Waals surface area contributed by atoms with Crippen molar-refractivity contribution in [1.29, 1.82) is 0 Å². The lowest BCUT2D eigenvalue weighted by Crippen LogP contribution is -2.26. The molecule has 0 spiro atoms. The molecular formula is C30H25F2NO3S. The molecule has 2 heterocycles. The van der Waals surface area contributed by atoms with Crippen molar-refractivity contribution in [2.45, 2.75) is 25.7 Å². The Labute approximate surface area is 218 Å². The second-order valence-electron chi connectivity index (χ2n) is 9.69. The second kappa shape index (κ2) is 9.98. The predicted octanol–water partition coefficient (Wildman–Crippen LogP) is 7.51. The van der Waals surface area contributed by atoms with E-state index in [0.29, 0.717) is 29.0 Å². The van der Waals surface area contributed by atoms with Gasteiger partial charge in [-0.1, -0.05) is 42.5 Å². The van der Waals surface area contributed by atoms with Gasteiger partial charge in [0.15, 0.2) is 11.6 Å². The molecule has 1 aliphatic heterocycles. The molecule has 1 aromatic heterocycles. The van der Waals surface area contributed by atoms with Crippen LogP contribution in [0.5, 0.6) is 5.75 Å². The van der Waals surface area contributed by atoms with Gasteiger partial charge >= 0.3 is 5.97 Å². The molecule has 0 saturated carbocycles. The molecule has 0 amide bonds. The van der Waals surface area contributed by atoms with Crippen LogP contribution in [0.15, 0.2) is 66.7 Å². The van der Waals surface area contributed by atoms with Gasteiger partial charge in [-0.3, -0.25) is 4.79 Å². The molecule has 7 heteroatoms. The zero-order valence-electron chi connectivity index (χ0n) is 20.4. The maximum absolute atomic E-state index is 13.7. The number of carboxylic acids is 1. The van der Waals surface area contributed by atoms with E-state index in [9.17, 15) is 18.7 Å². The van der Waals surface area contributed by atoms with Gasteiger partial charge in [0.2, 0.25) is 0 Å². The largest absolute Gasteiger partial charge is 0.489 e. The monoisotopic (exact) mass is 517 g/mol. The Bertz CT molecular complexity index is 1530. The van der Waals surface area contributed by atoms with Crippen molar-refractivity contribution in [3.63, 3.8) is 0 Å². The van der Waals surface area contributed by atoms with Crippen LogP contribution in [0.1, 0.15) is 47.0 Å². The van der Waals surface area contributed by atoms with Crippen LogP contribution in [0.2, 0.25) is 0 Å². The molecule has 0 saturated heterocycles. The van der Waals surface area contributed by atoms with Crippen LogP contribution in [0.25, 0.3) is 23.1 Å². The van der Waals surface area contributed by atoms with Crippen LogP contribution >= 0.6 is 11.8 Å². The molecule has 3 aromatic carbocycles. The summed E-state index contributed by atoms with van der Waals surface area (Å²) in [7, 11) is 0. The van der Waals surface area contributed by atoms with E-state index in [4.69, 9.17) is 4.74 Å². The molecule has 188 valence electrons. The van der Waals surface area contributed by atoms with Gasteiger partial charge in [0.05, 0.1) is 21.9 Å². The predicted molar refractivity (Wildman–Crippen MR) is 144 cm³/mol. The summed E-state index contributed by atoms with van der Waals surface area (Å²) in [5, 5.41) is 10.1. The van der Waals surface area contributed by atoms with Crippen LogP contribution in [-0.4, -0.2) is 21.8 Å². The van der Waals surface area contributed by atoms with E-state index in [0.717, 1.165) is 40.1 Å². The minimum atomic E-state index is -0.929. The first-order chi connectivity index (χ1) is 17.7. The van der Waals surface area contributed by atoms with Crippen LogP contribution in [0.4, 0.5) is 8.78 Å². The number of nitrogens with zero attached hydrogens (tertiary/aromatic N) is 1. The van der Waals surface area contributed by atoms with Gasteiger partial charge in [-0.05, 0) is 60.9 Å². The van der Waals surface area contributed by atoms with E-state index in [1.807, 2.05) is 42.5 Å². The molecule has 1 aliphatic rings. The van der Waals surface area contributed by atoms with Gasteiger partial charge < -0.3 is 9.84 Å². The first-order valence-electron chi connectivity index (χ1n) is 11.8. The number of halogens is 2. The number of pyridine rings is 1. The highest BCUT2D eigenvalue weighted by molar-refractivity contribution is 7.99. The average Bonchev–Trinajstić information content (AvgIpc) is 3.03. The summed E-state index contributed by atoms with van der Waals surface area (Å²) in [6, 6.07) is 19.7. The normalized spacial score (nSPS) is 15.2. The summed E-state index contributed by atoms with van der Waals surface area (Å²) < 4.78 is 33.3. The van der Waals surface area contributed by atoms with Crippen molar-refractivity contribution in [3.8, 4) is 5.75 Å². The van der Waals surface area contributed by atoms with Gasteiger partial charge in [0.1, 0.15) is 12.4 Å². The third-order valence-electron chi connectivity index (χ3n) is 6.43. The maximum Gasteiger partial charge on any atom is 0.309 e. The highest BCUT2D eigenvalue weighted by Gasteiger charge is 2.32. The van der Waals surface area contributed by atoms with Crippen molar-refractivity contribution < 1.29 is 23.4 Å². The van der Waals surface area contributed by atoms with E-state index in [1.165, 1.54) is 0 Å². The first-order valence-corrected chi connectivity index (χ1v) is 12.9. The summed E-state index contributed by atoms with van der Waals surface area (Å²) in [6.45, 7) is 3.91. The molecule has 37 heavy (non-hydrogen) atoms. The molecule has 4 nitrogen and oxygen atoms in total. The lowest BCUT2D eigenvalue weighted by atomic mass is 9.97. The SMILES string of the molecule is CC(C)(CSC1c2ccccc2COc2ccc(C=Cc3ccc4cc(F)c(F)cc4n3)cc21)C(=O)O. The molecule has 0 fully saturated rings. The topological polar surface area (TPSA) is 59.4 Å². The van der Waals surface area contributed by atoms with Crippen LogP contribution < -0.4 is 4.74 Å². The summed E-state index contributed by atoms with van der Waals surface area (Å²) in [5.74, 6) is -1.47. The fourth-order valence-electron chi connectivity index (χ4n) is 4.19. The Morgan fingerprint density at radius 2 is 1.84 bits per heavy atom. The number of carboxylic acid groups (broad SMARTS) is 1. The second-order valence-corrected chi connectivity index (χ2v) is 10.8. The van der Waals surface area contributed by atoms with E-state index < -0.39 is 23.0 Å². The molecule has 5 rings (SSSR count). The van der Waals surface area contributed by atoms with Crippen LogP contribution in [-0.2, 0) is 11.4 Å². The van der Waals surface area contributed by atoms with Crippen molar-refractivity contribution in [2.24, 2.45) is 5.41 Å². The number of aliphatic carboxylic acids is 1. The highest BCUT2D eigenvalue weighted by Crippen LogP contribution is 2.46. The Morgan fingerprint density at radius 3 is 2.65 bits per heavy atom. The van der Waals surface area contributed by atoms with Crippen molar-refractivity contribution >= 4 is 40.8 Å². The molecule has 0 radical (unpaired) electrons. The van der Waals surface area contributed by atoms with E-state index in [-0.39, 0.29) is 5.25 Å². The van der Waals surface area contributed by atoms with E-state index >= 15 is 0 Å². The van der Waals surface area contributed by atoms with Gasteiger partial charge in [-0.15, -0.1) is 11.8 Å². The average molecular weight is 518 g/mol. The van der Waals surface area contributed by atoms with Crippen molar-refractivity contribution in [3.05, 3.63) is 106 Å². The zero-order valence-corrected chi connectivity index (χ0v) is 21.2. The van der Waals surface area contributed by atoms with Gasteiger partial charge in [-0.2, -0.15) is 0 Å². The number of hydrogen-bond acceptors (Lipinski definition) is 4. The van der Waals surface area contributed by atoms with Crippen molar-refractivity contribution in [2.75, 3.05) is 5.75 Å². The van der Waals surface area contributed by atoms with E-state index in [2.05, 4.69) is 17.1 Å². The van der Waals surface area contributed by atoms with E-state index in [1.54, 1.807) is 37.7 Å². The molecule has 1 N–H and O–H groups in total. The number of benzene rings is 3. The Hall–Kier alpha value is -3.71. The van der Waals surface area contributed by atoms with Gasteiger partial charge in [-0.25, -0.2) is 13.8 Å². The highest BCUT2D eigenvalue weighted by atomic mass is 32.2. The maximum atomic E-state index is 13.7. The van der Waals surface area contributed by atoms with Gasteiger partial charge in [0.25, 0.3) is 0 Å². The molecule has 0 aliphatic carbocycles. The number of carbonyl (C=O) groups is 1. The quantitative estimate of drug-likeness (QED) is 0.287. The summed E-state index contributed by atoms with van der Waals surface area (Å²) in [4.78, 5) is 16.2. The fourth-order valence-corrected chi connectivity index (χ4v) is 5.67. The lowest BCUT2D eigenvalue weighted by Gasteiger charge is -2.24. The Morgan fingerprint density at radius 1 is 1.05 bits per heavy atom. The molecule has 1 atom stereocenters. The molecule has 0 bridgehead atoms. The number of aromatic nitrogens is 1.